The number of carbonyl (C=O) groups is 2. The fourth-order valence-corrected chi connectivity index (χ4v) is 3.09. The minimum Gasteiger partial charge on any atom is -0.336 e. The van der Waals surface area contributed by atoms with Gasteiger partial charge in [0.25, 0.3) is 0 Å². The fraction of sp³-hybridized carbons (Fsp3) is 0.278. The van der Waals surface area contributed by atoms with Gasteiger partial charge in [-0.2, -0.15) is 11.8 Å². The average molecular weight is 378 g/mol. The third kappa shape index (κ3) is 6.76. The van der Waals surface area contributed by atoms with Gasteiger partial charge in [0.05, 0.1) is 22.9 Å². The van der Waals surface area contributed by atoms with Gasteiger partial charge in [-0.1, -0.05) is 29.8 Å². The molecule has 0 spiro atoms. The molecule has 0 bridgehead atoms. The van der Waals surface area contributed by atoms with Crippen LogP contribution in [0, 0.1) is 0 Å². The van der Waals surface area contributed by atoms with Crippen molar-refractivity contribution in [3.05, 3.63) is 59.4 Å². The molecular formula is C18H20ClN3O2S. The number of para-hydroxylation sites is 1. The number of rotatable bonds is 8. The minimum absolute atomic E-state index is 0.00500. The summed E-state index contributed by atoms with van der Waals surface area (Å²) in [5.74, 6) is 1.12. The number of nitrogens with one attached hydrogen (secondary N) is 1. The number of pyridine rings is 1. The van der Waals surface area contributed by atoms with Gasteiger partial charge >= 0.3 is 0 Å². The molecule has 0 radical (unpaired) electrons. The summed E-state index contributed by atoms with van der Waals surface area (Å²) in [4.78, 5) is 29.8. The average Bonchev–Trinajstić information content (AvgIpc) is 2.61. The fourth-order valence-electron chi connectivity index (χ4n) is 2.07. The quantitative estimate of drug-likeness (QED) is 0.715. The number of anilines is 1. The number of hydrogen-bond donors (Lipinski definition) is 1. The van der Waals surface area contributed by atoms with Crippen LogP contribution in [0.2, 0.25) is 5.02 Å². The van der Waals surface area contributed by atoms with Crippen molar-refractivity contribution in [2.75, 3.05) is 24.7 Å². The van der Waals surface area contributed by atoms with Crippen molar-refractivity contribution in [2.24, 2.45) is 0 Å². The molecule has 0 aliphatic rings. The maximum absolute atomic E-state index is 12.1. The standard InChI is InChI=1S/C18H20ClN3O2S/c1-22(12-17(23)21-16-8-3-2-7-15(16)19)18(24)9-11-25-13-14-6-4-5-10-20-14/h2-8,10H,9,11-13H2,1H3,(H,21,23). The van der Waals surface area contributed by atoms with Crippen LogP contribution in [0.1, 0.15) is 12.1 Å². The highest BCUT2D eigenvalue weighted by Crippen LogP contribution is 2.20. The summed E-state index contributed by atoms with van der Waals surface area (Å²) in [6, 6.07) is 12.8. The van der Waals surface area contributed by atoms with Crippen LogP contribution >= 0.6 is 23.4 Å². The number of amides is 2. The highest BCUT2D eigenvalue weighted by molar-refractivity contribution is 7.98. The first-order chi connectivity index (χ1) is 12.1. The number of nitrogens with zero attached hydrogens (tertiary/aromatic N) is 2. The minimum atomic E-state index is -0.273. The Morgan fingerprint density at radius 1 is 1.20 bits per heavy atom. The van der Waals surface area contributed by atoms with Crippen LogP contribution < -0.4 is 5.32 Å². The molecule has 1 N–H and O–H groups in total. The SMILES string of the molecule is CN(CC(=O)Nc1ccccc1Cl)C(=O)CCSCc1ccccn1. The summed E-state index contributed by atoms with van der Waals surface area (Å²) in [5, 5.41) is 3.17. The molecule has 2 amide bonds. The third-order valence-corrected chi connectivity index (χ3v) is 4.71. The van der Waals surface area contributed by atoms with Crippen LogP contribution in [0.5, 0.6) is 0 Å². The highest BCUT2D eigenvalue weighted by atomic mass is 35.5. The number of hydrogen-bond acceptors (Lipinski definition) is 4. The molecule has 7 heteroatoms. The maximum Gasteiger partial charge on any atom is 0.244 e. The van der Waals surface area contributed by atoms with Crippen molar-refractivity contribution in [1.29, 1.82) is 0 Å². The molecule has 0 aliphatic carbocycles. The van der Waals surface area contributed by atoms with E-state index in [0.717, 1.165) is 11.4 Å². The number of benzene rings is 1. The summed E-state index contributed by atoms with van der Waals surface area (Å²) in [6.45, 7) is -0.00500. The van der Waals surface area contributed by atoms with Gasteiger partial charge < -0.3 is 10.2 Å². The molecule has 0 aliphatic heterocycles. The van der Waals surface area contributed by atoms with E-state index in [2.05, 4.69) is 10.3 Å². The van der Waals surface area contributed by atoms with Crippen LogP contribution in [0.25, 0.3) is 0 Å². The van der Waals surface area contributed by atoms with Gasteiger partial charge in [-0.15, -0.1) is 0 Å². The summed E-state index contributed by atoms with van der Waals surface area (Å²) < 4.78 is 0. The molecule has 1 aromatic carbocycles. The maximum atomic E-state index is 12.1. The Labute approximate surface area is 156 Å². The summed E-state index contributed by atoms with van der Waals surface area (Å²) in [7, 11) is 1.62. The zero-order chi connectivity index (χ0) is 18.1. The molecule has 132 valence electrons. The lowest BCUT2D eigenvalue weighted by molar-refractivity contribution is -0.132. The number of halogens is 1. The monoisotopic (exact) mass is 377 g/mol. The molecule has 0 unspecified atom stereocenters. The number of carbonyl (C=O) groups excluding carboxylic acids is 2. The van der Waals surface area contributed by atoms with Gasteiger partial charge in [-0.3, -0.25) is 14.6 Å². The van der Waals surface area contributed by atoms with Crippen LogP contribution in [-0.4, -0.2) is 41.0 Å². The van der Waals surface area contributed by atoms with Crippen LogP contribution in [0.15, 0.2) is 48.7 Å². The number of likely N-dealkylation sites (N-methyl/N-ethyl adjacent to an activating group) is 1. The predicted molar refractivity (Wildman–Crippen MR) is 103 cm³/mol. The van der Waals surface area contributed by atoms with E-state index in [4.69, 9.17) is 11.6 Å². The zero-order valence-corrected chi connectivity index (χ0v) is 15.5. The Morgan fingerprint density at radius 3 is 2.68 bits per heavy atom. The van der Waals surface area contributed by atoms with Crippen molar-refractivity contribution in [3.8, 4) is 0 Å². The largest absolute Gasteiger partial charge is 0.336 e. The van der Waals surface area contributed by atoms with Gasteiger partial charge in [0.2, 0.25) is 11.8 Å². The van der Waals surface area contributed by atoms with Crippen LogP contribution in [0.3, 0.4) is 0 Å². The highest BCUT2D eigenvalue weighted by Gasteiger charge is 2.13. The normalized spacial score (nSPS) is 10.3. The Bertz CT molecular complexity index is 712. The molecule has 0 atom stereocenters. The van der Waals surface area contributed by atoms with Crippen LogP contribution in [0.4, 0.5) is 5.69 Å². The van der Waals surface area contributed by atoms with Gasteiger partial charge in [-0.05, 0) is 24.3 Å². The molecule has 1 aromatic heterocycles. The molecule has 0 saturated heterocycles. The second kappa shape index (κ2) is 10.1. The Hall–Kier alpha value is -2.05. The van der Waals surface area contributed by atoms with E-state index in [-0.39, 0.29) is 18.4 Å². The van der Waals surface area contributed by atoms with Crippen molar-refractivity contribution in [1.82, 2.24) is 9.88 Å². The Morgan fingerprint density at radius 2 is 1.96 bits per heavy atom. The smallest absolute Gasteiger partial charge is 0.244 e. The van der Waals surface area contributed by atoms with E-state index in [1.807, 2.05) is 18.2 Å². The Kier molecular flexibility index (Phi) is 7.76. The van der Waals surface area contributed by atoms with E-state index >= 15 is 0 Å². The second-order valence-electron chi connectivity index (χ2n) is 5.40. The van der Waals surface area contributed by atoms with Crippen molar-refractivity contribution < 1.29 is 9.59 Å². The first-order valence-corrected chi connectivity index (χ1v) is 9.35. The molecule has 0 saturated carbocycles. The van der Waals surface area contributed by atoms with Crippen molar-refractivity contribution in [2.45, 2.75) is 12.2 Å². The first kappa shape index (κ1) is 19.3. The van der Waals surface area contributed by atoms with Gasteiger partial charge in [-0.25, -0.2) is 0 Å². The predicted octanol–water partition coefficient (Wildman–Crippen LogP) is 3.46. The molecular weight excluding hydrogens is 358 g/mol. The topological polar surface area (TPSA) is 62.3 Å². The second-order valence-corrected chi connectivity index (χ2v) is 6.91. The van der Waals surface area contributed by atoms with Gasteiger partial charge in [0.1, 0.15) is 0 Å². The summed E-state index contributed by atoms with van der Waals surface area (Å²) >= 11 is 7.65. The summed E-state index contributed by atoms with van der Waals surface area (Å²) in [5.41, 5.74) is 1.54. The Balaban J connectivity index is 1.69. The molecule has 0 fully saturated rings. The van der Waals surface area contributed by atoms with E-state index in [1.165, 1.54) is 4.90 Å². The molecule has 2 rings (SSSR count). The molecule has 1 heterocycles. The molecule has 25 heavy (non-hydrogen) atoms. The van der Waals surface area contributed by atoms with E-state index in [1.54, 1.807) is 49.3 Å². The van der Waals surface area contributed by atoms with Crippen LogP contribution in [-0.2, 0) is 15.3 Å². The van der Waals surface area contributed by atoms with Gasteiger partial charge in [0, 0.05) is 31.2 Å². The van der Waals surface area contributed by atoms with E-state index in [0.29, 0.717) is 22.9 Å². The number of thioether (sulfide) groups is 1. The molecule has 2 aromatic rings. The number of aromatic nitrogens is 1. The van der Waals surface area contributed by atoms with Crippen molar-refractivity contribution in [3.63, 3.8) is 0 Å². The van der Waals surface area contributed by atoms with Crippen molar-refractivity contribution >= 4 is 40.9 Å². The zero-order valence-electron chi connectivity index (χ0n) is 13.9. The van der Waals surface area contributed by atoms with E-state index in [9.17, 15) is 9.59 Å². The lowest BCUT2D eigenvalue weighted by atomic mass is 10.3. The van der Waals surface area contributed by atoms with E-state index < -0.39 is 0 Å². The lowest BCUT2D eigenvalue weighted by Crippen LogP contribution is -2.35. The first-order valence-electron chi connectivity index (χ1n) is 7.82. The third-order valence-electron chi connectivity index (χ3n) is 3.39. The summed E-state index contributed by atoms with van der Waals surface area (Å²) in [6.07, 6.45) is 2.14. The molecule has 5 nitrogen and oxygen atoms in total. The van der Waals surface area contributed by atoms with Gasteiger partial charge in [0.15, 0.2) is 0 Å². The lowest BCUT2D eigenvalue weighted by Gasteiger charge is -2.17.